The van der Waals surface area contributed by atoms with Crippen molar-refractivity contribution in [3.05, 3.63) is 45.6 Å². The number of fused-ring (bicyclic) bond motifs is 1. The van der Waals surface area contributed by atoms with E-state index in [-0.39, 0.29) is 12.5 Å². The number of amides is 2. The van der Waals surface area contributed by atoms with Crippen LogP contribution in [0, 0.1) is 0 Å². The molecule has 3 rings (SSSR count). The van der Waals surface area contributed by atoms with Crippen molar-refractivity contribution in [2.24, 2.45) is 0 Å². The van der Waals surface area contributed by atoms with Gasteiger partial charge in [-0.2, -0.15) is 0 Å². The topological polar surface area (TPSA) is 76.7 Å². The van der Waals surface area contributed by atoms with Gasteiger partial charge in [-0.25, -0.2) is 0 Å². The molecule has 0 bridgehead atoms. The molecule has 2 amide bonds. The molecule has 0 fully saturated rings. The van der Waals surface area contributed by atoms with Crippen molar-refractivity contribution < 1.29 is 19.1 Å². The molecule has 2 N–H and O–H groups in total. The van der Waals surface area contributed by atoms with Crippen molar-refractivity contribution in [2.75, 3.05) is 13.2 Å². The Balaban J connectivity index is 1.42. The monoisotopic (exact) mass is 360 g/mol. The van der Waals surface area contributed by atoms with E-state index in [0.29, 0.717) is 17.2 Å². The lowest BCUT2D eigenvalue weighted by Gasteiger charge is -2.09. The van der Waals surface area contributed by atoms with Crippen molar-refractivity contribution >= 4 is 23.2 Å². The van der Waals surface area contributed by atoms with E-state index in [1.54, 1.807) is 24.3 Å². The van der Waals surface area contributed by atoms with E-state index in [4.69, 9.17) is 9.47 Å². The zero-order valence-electron chi connectivity index (χ0n) is 14.0. The second kappa shape index (κ2) is 8.02. The summed E-state index contributed by atoms with van der Waals surface area (Å²) in [6.45, 7) is 2.32. The molecule has 0 radical (unpaired) electrons. The van der Waals surface area contributed by atoms with Gasteiger partial charge in [-0.05, 0) is 62.1 Å². The normalized spacial score (nSPS) is 12.4. The number of nitrogens with one attached hydrogen (secondary N) is 2. The second-order valence-electron chi connectivity index (χ2n) is 5.61. The van der Waals surface area contributed by atoms with Crippen molar-refractivity contribution in [1.82, 2.24) is 10.9 Å². The minimum absolute atomic E-state index is 0.185. The Morgan fingerprint density at radius 3 is 2.48 bits per heavy atom. The molecular formula is C18H20N2O4S. The van der Waals surface area contributed by atoms with E-state index < -0.39 is 5.91 Å². The van der Waals surface area contributed by atoms with Gasteiger partial charge in [0.1, 0.15) is 11.5 Å². The van der Waals surface area contributed by atoms with E-state index >= 15 is 0 Å². The molecule has 1 aliphatic rings. The number of carbonyl (C=O) groups is 2. The van der Waals surface area contributed by atoms with Crippen LogP contribution in [0.3, 0.4) is 0 Å². The summed E-state index contributed by atoms with van der Waals surface area (Å²) in [6.07, 6.45) is 3.22. The molecule has 132 valence electrons. The molecule has 0 saturated heterocycles. The zero-order chi connectivity index (χ0) is 17.6. The number of hydrogen-bond acceptors (Lipinski definition) is 5. The number of aryl methyl sites for hydroxylation is 2. The molecule has 0 spiro atoms. The molecular weight excluding hydrogens is 340 g/mol. The van der Waals surface area contributed by atoms with E-state index in [1.807, 2.05) is 13.0 Å². The minimum atomic E-state index is -0.425. The number of ether oxygens (including phenoxy) is 2. The van der Waals surface area contributed by atoms with E-state index in [2.05, 4.69) is 10.9 Å². The Morgan fingerprint density at radius 1 is 1.08 bits per heavy atom. The summed E-state index contributed by atoms with van der Waals surface area (Å²) in [6, 6.07) is 8.90. The second-order valence-corrected chi connectivity index (χ2v) is 6.74. The molecule has 2 aromatic rings. The smallest absolute Gasteiger partial charge is 0.279 e. The summed E-state index contributed by atoms with van der Waals surface area (Å²) in [5, 5.41) is 0. The van der Waals surface area contributed by atoms with Crippen LogP contribution in [0.5, 0.6) is 11.5 Å². The Labute approximate surface area is 150 Å². The quantitative estimate of drug-likeness (QED) is 0.776. The first-order valence-electron chi connectivity index (χ1n) is 8.22. The highest BCUT2D eigenvalue weighted by molar-refractivity contribution is 7.14. The average molecular weight is 360 g/mol. The maximum atomic E-state index is 12.1. The maximum Gasteiger partial charge on any atom is 0.279 e. The molecule has 25 heavy (non-hydrogen) atoms. The maximum absolute atomic E-state index is 12.1. The van der Waals surface area contributed by atoms with Crippen LogP contribution in [-0.4, -0.2) is 25.0 Å². The van der Waals surface area contributed by atoms with E-state index in [1.165, 1.54) is 21.8 Å². The summed E-state index contributed by atoms with van der Waals surface area (Å²) in [7, 11) is 0. The SMILES string of the molecule is CCOc1ccc(OCC(=O)NNC(=O)c2cc3c(s2)CCC3)cc1. The minimum Gasteiger partial charge on any atom is -0.494 e. The molecule has 0 unspecified atom stereocenters. The van der Waals surface area contributed by atoms with Gasteiger partial charge in [-0.1, -0.05) is 0 Å². The zero-order valence-corrected chi connectivity index (χ0v) is 14.8. The van der Waals surface area contributed by atoms with Crippen molar-refractivity contribution in [3.63, 3.8) is 0 Å². The van der Waals surface area contributed by atoms with Crippen LogP contribution >= 0.6 is 11.3 Å². The predicted molar refractivity (Wildman–Crippen MR) is 95.1 cm³/mol. The standard InChI is InChI=1S/C18H20N2O4S/c1-2-23-13-6-8-14(9-7-13)24-11-17(21)19-20-18(22)16-10-12-4-3-5-15(12)25-16/h6-10H,2-5,11H2,1H3,(H,19,21)(H,20,22). The van der Waals surface area contributed by atoms with Crippen LogP contribution in [-0.2, 0) is 17.6 Å². The summed E-state index contributed by atoms with van der Waals surface area (Å²) in [4.78, 5) is 25.7. The van der Waals surface area contributed by atoms with Crippen molar-refractivity contribution in [1.29, 1.82) is 0 Å². The summed E-state index contributed by atoms with van der Waals surface area (Å²) < 4.78 is 10.7. The number of rotatable bonds is 6. The van der Waals surface area contributed by atoms with Gasteiger partial charge in [0.15, 0.2) is 6.61 Å². The molecule has 0 atom stereocenters. The third-order valence-electron chi connectivity index (χ3n) is 3.79. The fourth-order valence-corrected chi connectivity index (χ4v) is 3.76. The van der Waals surface area contributed by atoms with Crippen LogP contribution in [0.1, 0.15) is 33.5 Å². The average Bonchev–Trinajstić information content (AvgIpc) is 3.21. The summed E-state index contributed by atoms with van der Waals surface area (Å²) >= 11 is 1.49. The van der Waals surface area contributed by atoms with Gasteiger partial charge in [0.2, 0.25) is 0 Å². The molecule has 7 heteroatoms. The number of hydrazine groups is 1. The first-order valence-corrected chi connectivity index (χ1v) is 9.04. The fraction of sp³-hybridized carbons (Fsp3) is 0.333. The van der Waals surface area contributed by atoms with Crippen LogP contribution in [0.4, 0.5) is 0 Å². The molecule has 0 aliphatic heterocycles. The summed E-state index contributed by atoms with van der Waals surface area (Å²) in [5.74, 6) is 0.578. The van der Waals surface area contributed by atoms with Gasteiger partial charge < -0.3 is 9.47 Å². The van der Waals surface area contributed by atoms with Gasteiger partial charge in [0.05, 0.1) is 11.5 Å². The van der Waals surface area contributed by atoms with Gasteiger partial charge >= 0.3 is 0 Å². The van der Waals surface area contributed by atoms with E-state index in [0.717, 1.165) is 25.0 Å². The molecule has 1 heterocycles. The Morgan fingerprint density at radius 2 is 1.80 bits per heavy atom. The number of hydrogen-bond donors (Lipinski definition) is 2. The highest BCUT2D eigenvalue weighted by atomic mass is 32.1. The summed E-state index contributed by atoms with van der Waals surface area (Å²) in [5.41, 5.74) is 6.04. The number of thiophene rings is 1. The van der Waals surface area contributed by atoms with Crippen LogP contribution < -0.4 is 20.3 Å². The molecule has 6 nitrogen and oxygen atoms in total. The predicted octanol–water partition coefficient (Wildman–Crippen LogP) is 2.48. The van der Waals surface area contributed by atoms with Gasteiger partial charge in [0, 0.05) is 4.88 Å². The third-order valence-corrected chi connectivity index (χ3v) is 5.03. The lowest BCUT2D eigenvalue weighted by Crippen LogP contribution is -2.43. The van der Waals surface area contributed by atoms with Gasteiger partial charge in [0.25, 0.3) is 11.8 Å². The van der Waals surface area contributed by atoms with Crippen molar-refractivity contribution in [3.8, 4) is 11.5 Å². The van der Waals surface area contributed by atoms with Crippen molar-refractivity contribution in [2.45, 2.75) is 26.2 Å². The lowest BCUT2D eigenvalue weighted by atomic mass is 10.2. The lowest BCUT2D eigenvalue weighted by molar-refractivity contribution is -0.123. The van der Waals surface area contributed by atoms with Crippen LogP contribution in [0.2, 0.25) is 0 Å². The number of benzene rings is 1. The third kappa shape index (κ3) is 4.51. The number of carbonyl (C=O) groups excluding carboxylic acids is 2. The highest BCUT2D eigenvalue weighted by Crippen LogP contribution is 2.30. The fourth-order valence-electron chi connectivity index (χ4n) is 2.61. The molecule has 1 aromatic carbocycles. The molecule has 0 saturated carbocycles. The van der Waals surface area contributed by atoms with Gasteiger partial charge in [-0.15, -0.1) is 11.3 Å². The van der Waals surface area contributed by atoms with Gasteiger partial charge in [-0.3, -0.25) is 20.4 Å². The highest BCUT2D eigenvalue weighted by Gasteiger charge is 2.18. The largest absolute Gasteiger partial charge is 0.494 e. The van der Waals surface area contributed by atoms with E-state index in [9.17, 15) is 9.59 Å². The molecule has 1 aliphatic carbocycles. The first-order chi connectivity index (χ1) is 12.2. The Hall–Kier alpha value is -2.54. The first kappa shape index (κ1) is 17.3. The molecule has 1 aromatic heterocycles. The Bertz CT molecular complexity index is 733. The van der Waals surface area contributed by atoms with Crippen LogP contribution in [0.25, 0.3) is 0 Å². The van der Waals surface area contributed by atoms with Crippen LogP contribution in [0.15, 0.2) is 30.3 Å². The Kier molecular flexibility index (Phi) is 5.55.